The summed E-state index contributed by atoms with van der Waals surface area (Å²) in [7, 11) is 0. The minimum absolute atomic E-state index is 0.118. The van der Waals surface area contributed by atoms with E-state index in [1.54, 1.807) is 17.5 Å². The minimum atomic E-state index is -0.118. The molecule has 0 aliphatic rings. The molecule has 0 saturated carbocycles. The number of aromatic amines is 1. The Hall–Kier alpha value is -4.00. The number of hydrogen-bond donors (Lipinski definition) is 2. The summed E-state index contributed by atoms with van der Waals surface area (Å²) in [6.07, 6.45) is 4.39. The Kier molecular flexibility index (Phi) is 5.74. The van der Waals surface area contributed by atoms with Crippen molar-refractivity contribution in [2.75, 3.05) is 6.61 Å². The van der Waals surface area contributed by atoms with Gasteiger partial charge in [-0.3, -0.25) is 10.1 Å². The fourth-order valence-electron chi connectivity index (χ4n) is 4.42. The topological polar surface area (TPSA) is 76.8 Å². The molecule has 35 heavy (non-hydrogen) atoms. The zero-order chi connectivity index (χ0) is 23.6. The van der Waals surface area contributed by atoms with Crippen LogP contribution in [0.15, 0.2) is 96.6 Å². The lowest BCUT2D eigenvalue weighted by Gasteiger charge is -2.15. The number of nitrogens with two attached hydrogens (primary N) is 1. The van der Waals surface area contributed by atoms with Gasteiger partial charge in [-0.2, -0.15) is 5.10 Å². The summed E-state index contributed by atoms with van der Waals surface area (Å²) in [5, 5.41) is 11.7. The van der Waals surface area contributed by atoms with Crippen molar-refractivity contribution in [3.63, 3.8) is 0 Å². The molecular formula is C29H24N4OS. The van der Waals surface area contributed by atoms with E-state index in [9.17, 15) is 0 Å². The third-order valence-electron chi connectivity index (χ3n) is 6.17. The molecule has 0 radical (unpaired) electrons. The van der Waals surface area contributed by atoms with E-state index >= 15 is 0 Å². The molecule has 172 valence electrons. The van der Waals surface area contributed by atoms with Gasteiger partial charge in [-0.25, -0.2) is 0 Å². The normalized spacial score (nSPS) is 12.3. The van der Waals surface area contributed by atoms with Crippen LogP contribution >= 0.6 is 11.3 Å². The fourth-order valence-corrected chi connectivity index (χ4v) is 5.39. The molecule has 1 atom stereocenters. The van der Waals surface area contributed by atoms with E-state index in [4.69, 9.17) is 15.5 Å². The lowest BCUT2D eigenvalue weighted by atomic mass is 9.98. The van der Waals surface area contributed by atoms with E-state index in [1.807, 2.05) is 30.5 Å². The monoisotopic (exact) mass is 476 g/mol. The number of pyridine rings is 1. The molecule has 0 spiro atoms. The van der Waals surface area contributed by atoms with Gasteiger partial charge in [-0.15, -0.1) is 11.3 Å². The number of rotatable bonds is 7. The highest BCUT2D eigenvalue weighted by molar-refractivity contribution is 7.17. The summed E-state index contributed by atoms with van der Waals surface area (Å²) in [6.45, 7) is 0.413. The molecule has 0 fully saturated rings. The summed E-state index contributed by atoms with van der Waals surface area (Å²) < 4.78 is 7.44. The van der Waals surface area contributed by atoms with Crippen LogP contribution in [0.25, 0.3) is 43.4 Å². The number of hydrogen-bond acceptors (Lipinski definition) is 5. The van der Waals surface area contributed by atoms with Crippen LogP contribution in [0.3, 0.4) is 0 Å². The molecule has 3 heterocycles. The highest BCUT2D eigenvalue weighted by Crippen LogP contribution is 2.34. The number of nitrogens with zero attached hydrogens (tertiary/aromatic N) is 2. The SMILES string of the molecule is N[C@H](COc1cnc(-c2ccccc2)c(-c2ccc3[nH]ncc3c2)c1)Cc1csc2ccccc12. The number of nitrogens with one attached hydrogen (secondary N) is 1. The van der Waals surface area contributed by atoms with E-state index in [0.717, 1.165) is 39.7 Å². The summed E-state index contributed by atoms with van der Waals surface area (Å²) in [4.78, 5) is 4.80. The fraction of sp³-hybridized carbons (Fsp3) is 0.103. The molecule has 6 heteroatoms. The first-order valence-electron chi connectivity index (χ1n) is 11.6. The molecule has 0 aliphatic carbocycles. The standard InChI is InChI=1S/C29H24N4OS/c30-23(13-22-18-35-28-9-5-4-8-25(22)28)17-34-24-14-26(20-10-11-27-21(12-20)15-32-33-27)29(31-16-24)19-6-2-1-3-7-19/h1-12,14-16,18,23H,13,17,30H2,(H,32,33)/t23-/m0/s1. The first-order chi connectivity index (χ1) is 17.2. The third kappa shape index (κ3) is 4.41. The quantitative estimate of drug-likeness (QED) is 0.277. The number of thiophene rings is 1. The molecule has 6 aromatic rings. The molecule has 0 aliphatic heterocycles. The summed E-state index contributed by atoms with van der Waals surface area (Å²) in [5.74, 6) is 0.706. The number of H-pyrrole nitrogens is 1. The minimum Gasteiger partial charge on any atom is -0.490 e. The second-order valence-corrected chi connectivity index (χ2v) is 9.55. The molecule has 6 rings (SSSR count). The van der Waals surface area contributed by atoms with E-state index in [-0.39, 0.29) is 6.04 Å². The average molecular weight is 477 g/mol. The number of ether oxygens (including phenoxy) is 1. The van der Waals surface area contributed by atoms with Crippen LogP contribution in [0.4, 0.5) is 0 Å². The molecule has 5 nitrogen and oxygen atoms in total. The van der Waals surface area contributed by atoms with E-state index in [0.29, 0.717) is 12.4 Å². The van der Waals surface area contributed by atoms with Crippen LogP contribution in [-0.2, 0) is 6.42 Å². The van der Waals surface area contributed by atoms with Crippen molar-refractivity contribution in [1.82, 2.24) is 15.2 Å². The van der Waals surface area contributed by atoms with E-state index in [2.05, 4.69) is 70.2 Å². The second-order valence-electron chi connectivity index (χ2n) is 8.64. The van der Waals surface area contributed by atoms with Gasteiger partial charge in [0.2, 0.25) is 0 Å². The van der Waals surface area contributed by atoms with Crippen molar-refractivity contribution >= 4 is 32.3 Å². The number of fused-ring (bicyclic) bond motifs is 2. The first kappa shape index (κ1) is 21.5. The van der Waals surface area contributed by atoms with E-state index < -0.39 is 0 Å². The van der Waals surface area contributed by atoms with Crippen LogP contribution in [0, 0.1) is 0 Å². The smallest absolute Gasteiger partial charge is 0.138 e. The summed E-state index contributed by atoms with van der Waals surface area (Å²) >= 11 is 1.76. The van der Waals surface area contributed by atoms with E-state index in [1.165, 1.54) is 15.6 Å². The van der Waals surface area contributed by atoms with Gasteiger partial charge < -0.3 is 10.5 Å². The number of aromatic nitrogens is 3. The van der Waals surface area contributed by atoms with Gasteiger partial charge in [-0.1, -0.05) is 54.6 Å². The first-order valence-corrected chi connectivity index (χ1v) is 12.4. The molecule has 0 unspecified atom stereocenters. The maximum absolute atomic E-state index is 6.47. The Bertz CT molecular complexity index is 1610. The Morgan fingerprint density at radius 3 is 2.69 bits per heavy atom. The predicted octanol–water partition coefficient (Wildman–Crippen LogP) is 6.46. The Morgan fingerprint density at radius 2 is 1.77 bits per heavy atom. The summed E-state index contributed by atoms with van der Waals surface area (Å²) in [5.41, 5.74) is 12.8. The van der Waals surface area contributed by atoms with Crippen molar-refractivity contribution < 1.29 is 4.74 Å². The van der Waals surface area contributed by atoms with Crippen molar-refractivity contribution in [3.05, 3.63) is 102 Å². The maximum atomic E-state index is 6.47. The predicted molar refractivity (Wildman–Crippen MR) is 144 cm³/mol. The Morgan fingerprint density at radius 1 is 0.914 bits per heavy atom. The molecule has 3 N–H and O–H groups in total. The van der Waals surface area contributed by atoms with Gasteiger partial charge in [0.25, 0.3) is 0 Å². The lowest BCUT2D eigenvalue weighted by Crippen LogP contribution is -2.30. The highest BCUT2D eigenvalue weighted by atomic mass is 32.1. The van der Waals surface area contributed by atoms with Gasteiger partial charge in [0, 0.05) is 27.3 Å². The largest absolute Gasteiger partial charge is 0.490 e. The lowest BCUT2D eigenvalue weighted by molar-refractivity contribution is 0.287. The van der Waals surface area contributed by atoms with Crippen LogP contribution in [-0.4, -0.2) is 27.8 Å². The number of benzene rings is 3. The molecule has 0 amide bonds. The molecule has 0 saturated heterocycles. The van der Waals surface area contributed by atoms with Crippen molar-refractivity contribution in [2.45, 2.75) is 12.5 Å². The van der Waals surface area contributed by atoms with Gasteiger partial charge in [0.15, 0.2) is 0 Å². The van der Waals surface area contributed by atoms with Crippen LogP contribution in [0.5, 0.6) is 5.75 Å². The highest BCUT2D eigenvalue weighted by Gasteiger charge is 2.14. The molecule has 0 bridgehead atoms. The van der Waals surface area contributed by atoms with Gasteiger partial charge in [0.05, 0.1) is 23.6 Å². The second kappa shape index (κ2) is 9.33. The van der Waals surface area contributed by atoms with Crippen molar-refractivity contribution in [1.29, 1.82) is 0 Å². The van der Waals surface area contributed by atoms with Crippen molar-refractivity contribution in [2.24, 2.45) is 5.73 Å². The Labute approximate surface area is 207 Å². The maximum Gasteiger partial charge on any atom is 0.138 e. The van der Waals surface area contributed by atoms with Gasteiger partial charge >= 0.3 is 0 Å². The zero-order valence-electron chi connectivity index (χ0n) is 19.0. The molecule has 3 aromatic heterocycles. The van der Waals surface area contributed by atoms with Gasteiger partial charge in [0.1, 0.15) is 12.4 Å². The van der Waals surface area contributed by atoms with Crippen molar-refractivity contribution in [3.8, 4) is 28.1 Å². The van der Waals surface area contributed by atoms with Crippen LogP contribution in [0.1, 0.15) is 5.56 Å². The van der Waals surface area contributed by atoms with Crippen LogP contribution in [0.2, 0.25) is 0 Å². The summed E-state index contributed by atoms with van der Waals surface area (Å²) in [6, 6.07) is 26.8. The third-order valence-corrected chi connectivity index (χ3v) is 7.18. The zero-order valence-corrected chi connectivity index (χ0v) is 19.8. The van der Waals surface area contributed by atoms with Crippen LogP contribution < -0.4 is 10.5 Å². The van der Waals surface area contributed by atoms with Gasteiger partial charge in [-0.05, 0) is 52.6 Å². The Balaban J connectivity index is 1.27. The molecule has 3 aromatic carbocycles. The average Bonchev–Trinajstić information content (AvgIpc) is 3.54. The molecular weight excluding hydrogens is 452 g/mol.